The van der Waals surface area contributed by atoms with Crippen LogP contribution < -0.4 is 5.32 Å². The van der Waals surface area contributed by atoms with Gasteiger partial charge in [-0.15, -0.1) is 0 Å². The average Bonchev–Trinajstić information content (AvgIpc) is 2.72. The number of nitrogens with zero attached hydrogens (tertiary/aromatic N) is 1. The molecule has 1 heterocycles. The van der Waals surface area contributed by atoms with E-state index in [-0.39, 0.29) is 5.76 Å². The van der Waals surface area contributed by atoms with Crippen molar-refractivity contribution in [1.82, 2.24) is 10.2 Å². The molecule has 5 nitrogen and oxygen atoms in total. The second kappa shape index (κ2) is 6.30. The van der Waals surface area contributed by atoms with Gasteiger partial charge in [0, 0.05) is 25.2 Å². The summed E-state index contributed by atoms with van der Waals surface area (Å²) in [5.74, 6) is -0.996. The fourth-order valence-electron chi connectivity index (χ4n) is 1.31. The van der Waals surface area contributed by atoms with Gasteiger partial charge in [-0.3, -0.25) is 0 Å². The lowest BCUT2D eigenvalue weighted by atomic mass is 10.2. The summed E-state index contributed by atoms with van der Waals surface area (Å²) in [6.45, 7) is 5.40. The average molecular weight is 226 g/mol. The molecule has 2 N–H and O–H groups in total. The first-order valence-electron chi connectivity index (χ1n) is 5.34. The van der Waals surface area contributed by atoms with E-state index in [0.717, 1.165) is 19.6 Å². The van der Waals surface area contributed by atoms with Gasteiger partial charge in [0.2, 0.25) is 5.76 Å². The number of hydrogen-bond acceptors (Lipinski definition) is 4. The lowest BCUT2D eigenvalue weighted by Gasteiger charge is -2.13. The Labute approximate surface area is 95.0 Å². The van der Waals surface area contributed by atoms with Crippen LogP contribution in [0.25, 0.3) is 0 Å². The smallest absolute Gasteiger partial charge is 0.372 e. The van der Waals surface area contributed by atoms with Crippen molar-refractivity contribution in [2.45, 2.75) is 13.5 Å². The van der Waals surface area contributed by atoms with Crippen LogP contribution in [0.3, 0.4) is 0 Å². The molecule has 0 spiro atoms. The van der Waals surface area contributed by atoms with Crippen molar-refractivity contribution in [3.05, 3.63) is 23.7 Å². The zero-order chi connectivity index (χ0) is 12.0. The van der Waals surface area contributed by atoms with Crippen LogP contribution >= 0.6 is 0 Å². The number of carboxylic acids is 1. The lowest BCUT2D eigenvalue weighted by Crippen LogP contribution is -2.28. The molecular weight excluding hydrogens is 208 g/mol. The topological polar surface area (TPSA) is 65.7 Å². The van der Waals surface area contributed by atoms with Gasteiger partial charge in [0.05, 0.1) is 6.26 Å². The summed E-state index contributed by atoms with van der Waals surface area (Å²) in [7, 11) is 2.04. The van der Waals surface area contributed by atoms with Crippen LogP contribution in [0.4, 0.5) is 0 Å². The number of carbonyl (C=O) groups is 1. The Morgan fingerprint density at radius 1 is 1.62 bits per heavy atom. The summed E-state index contributed by atoms with van der Waals surface area (Å²) >= 11 is 0. The second-order valence-electron chi connectivity index (χ2n) is 3.65. The van der Waals surface area contributed by atoms with Crippen molar-refractivity contribution in [2.24, 2.45) is 0 Å². The van der Waals surface area contributed by atoms with Crippen LogP contribution in [0.5, 0.6) is 0 Å². The monoisotopic (exact) mass is 226 g/mol. The van der Waals surface area contributed by atoms with Gasteiger partial charge in [0.25, 0.3) is 0 Å². The number of carboxylic acid groups (broad SMARTS) is 1. The van der Waals surface area contributed by atoms with E-state index in [1.54, 1.807) is 6.07 Å². The standard InChI is InChI=1S/C11H18N2O3/c1-3-13(2)6-5-12-8-9-4-7-16-10(9)11(14)15/h4,7,12H,3,5-6,8H2,1-2H3,(H,14,15). The molecule has 1 rings (SSSR count). The molecule has 0 aliphatic rings. The first-order chi connectivity index (χ1) is 7.65. The highest BCUT2D eigenvalue weighted by atomic mass is 16.4. The molecular formula is C11H18N2O3. The SMILES string of the molecule is CCN(C)CCNCc1ccoc1C(=O)O. The van der Waals surface area contributed by atoms with E-state index in [1.807, 2.05) is 7.05 Å². The molecule has 5 heteroatoms. The molecule has 1 aromatic rings. The van der Waals surface area contributed by atoms with Gasteiger partial charge >= 0.3 is 5.97 Å². The zero-order valence-electron chi connectivity index (χ0n) is 9.69. The Bertz CT molecular complexity index is 336. The van der Waals surface area contributed by atoms with E-state index in [4.69, 9.17) is 9.52 Å². The highest BCUT2D eigenvalue weighted by molar-refractivity contribution is 5.86. The summed E-state index contributed by atoms with van der Waals surface area (Å²) in [4.78, 5) is 12.9. The maximum atomic E-state index is 10.7. The third-order valence-electron chi connectivity index (χ3n) is 2.47. The van der Waals surface area contributed by atoms with E-state index in [2.05, 4.69) is 17.1 Å². The maximum absolute atomic E-state index is 10.7. The molecule has 0 aromatic carbocycles. The number of rotatable bonds is 7. The third kappa shape index (κ3) is 3.67. The minimum atomic E-state index is -1.02. The maximum Gasteiger partial charge on any atom is 0.372 e. The second-order valence-corrected chi connectivity index (χ2v) is 3.65. The molecule has 16 heavy (non-hydrogen) atoms. The van der Waals surface area contributed by atoms with E-state index in [0.29, 0.717) is 12.1 Å². The van der Waals surface area contributed by atoms with Crippen LogP contribution in [-0.2, 0) is 6.54 Å². The first-order valence-corrected chi connectivity index (χ1v) is 5.34. The van der Waals surface area contributed by atoms with Gasteiger partial charge in [-0.2, -0.15) is 0 Å². The zero-order valence-corrected chi connectivity index (χ0v) is 9.69. The fourth-order valence-corrected chi connectivity index (χ4v) is 1.31. The van der Waals surface area contributed by atoms with Gasteiger partial charge in [0.15, 0.2) is 0 Å². The fraction of sp³-hybridized carbons (Fsp3) is 0.545. The molecule has 1 aromatic heterocycles. The van der Waals surface area contributed by atoms with E-state index in [9.17, 15) is 4.79 Å². The van der Waals surface area contributed by atoms with Crippen molar-refractivity contribution < 1.29 is 14.3 Å². The first kappa shape index (κ1) is 12.7. The van der Waals surface area contributed by atoms with Crippen LogP contribution in [-0.4, -0.2) is 42.7 Å². The van der Waals surface area contributed by atoms with Crippen molar-refractivity contribution in [1.29, 1.82) is 0 Å². The Balaban J connectivity index is 2.32. The molecule has 0 aliphatic heterocycles. The molecule has 0 aliphatic carbocycles. The molecule has 0 atom stereocenters. The van der Waals surface area contributed by atoms with Crippen LogP contribution in [0.1, 0.15) is 23.0 Å². The minimum absolute atomic E-state index is 0.0244. The van der Waals surface area contributed by atoms with E-state index < -0.39 is 5.97 Å². The van der Waals surface area contributed by atoms with Crippen LogP contribution in [0.2, 0.25) is 0 Å². The van der Waals surface area contributed by atoms with Gasteiger partial charge in [-0.05, 0) is 19.7 Å². The largest absolute Gasteiger partial charge is 0.475 e. The van der Waals surface area contributed by atoms with Gasteiger partial charge in [-0.1, -0.05) is 6.92 Å². The van der Waals surface area contributed by atoms with E-state index >= 15 is 0 Å². The number of nitrogens with one attached hydrogen (secondary N) is 1. The molecule has 0 unspecified atom stereocenters. The molecule has 0 fully saturated rings. The Morgan fingerprint density at radius 2 is 2.38 bits per heavy atom. The van der Waals surface area contributed by atoms with Crippen LogP contribution in [0, 0.1) is 0 Å². The van der Waals surface area contributed by atoms with Gasteiger partial charge in [0.1, 0.15) is 0 Å². The molecule has 90 valence electrons. The van der Waals surface area contributed by atoms with Crippen molar-refractivity contribution >= 4 is 5.97 Å². The number of aromatic carboxylic acids is 1. The van der Waals surface area contributed by atoms with E-state index in [1.165, 1.54) is 6.26 Å². The number of likely N-dealkylation sites (N-methyl/N-ethyl adjacent to an activating group) is 1. The summed E-state index contributed by atoms with van der Waals surface area (Å²) in [5.41, 5.74) is 0.687. The number of furan rings is 1. The Hall–Kier alpha value is -1.33. The normalized spacial score (nSPS) is 10.9. The summed E-state index contributed by atoms with van der Waals surface area (Å²) in [6, 6.07) is 1.68. The predicted octanol–water partition coefficient (Wildman–Crippen LogP) is 1.02. The lowest BCUT2D eigenvalue weighted by molar-refractivity contribution is 0.0660. The highest BCUT2D eigenvalue weighted by Gasteiger charge is 2.12. The quantitative estimate of drug-likeness (QED) is 0.679. The summed E-state index contributed by atoms with van der Waals surface area (Å²) in [5, 5.41) is 12.0. The molecule has 0 amide bonds. The predicted molar refractivity (Wildman–Crippen MR) is 60.5 cm³/mol. The van der Waals surface area contributed by atoms with Crippen molar-refractivity contribution in [3.8, 4) is 0 Å². The van der Waals surface area contributed by atoms with Crippen LogP contribution in [0.15, 0.2) is 16.7 Å². The Morgan fingerprint density at radius 3 is 3.00 bits per heavy atom. The summed E-state index contributed by atoms with van der Waals surface area (Å²) in [6.07, 6.45) is 1.40. The Kier molecular flexibility index (Phi) is 5.01. The summed E-state index contributed by atoms with van der Waals surface area (Å²) < 4.78 is 4.88. The molecule has 0 radical (unpaired) electrons. The molecule has 0 bridgehead atoms. The van der Waals surface area contributed by atoms with Crippen molar-refractivity contribution in [2.75, 3.05) is 26.7 Å². The number of hydrogen-bond donors (Lipinski definition) is 2. The van der Waals surface area contributed by atoms with Crippen molar-refractivity contribution in [3.63, 3.8) is 0 Å². The minimum Gasteiger partial charge on any atom is -0.475 e. The van der Waals surface area contributed by atoms with Gasteiger partial charge < -0.3 is 19.7 Å². The molecule has 0 saturated carbocycles. The molecule has 0 saturated heterocycles. The van der Waals surface area contributed by atoms with Gasteiger partial charge in [-0.25, -0.2) is 4.79 Å². The highest BCUT2D eigenvalue weighted by Crippen LogP contribution is 2.09. The third-order valence-corrected chi connectivity index (χ3v) is 2.47.